The molecule has 0 aliphatic carbocycles. The summed E-state index contributed by atoms with van der Waals surface area (Å²) in [4.78, 5) is 37.7. The van der Waals surface area contributed by atoms with Crippen LogP contribution in [0, 0.1) is 0 Å². The maximum atomic E-state index is 12.3. The Morgan fingerprint density at radius 3 is 2.36 bits per heavy atom. The summed E-state index contributed by atoms with van der Waals surface area (Å²) in [5.41, 5.74) is 3.28. The van der Waals surface area contributed by atoms with Crippen LogP contribution in [0.15, 0.2) is 48.5 Å². The summed E-state index contributed by atoms with van der Waals surface area (Å²) < 4.78 is 0. The Balaban J connectivity index is 1.48. The normalized spacial score (nSPS) is 13.3. The number of hydrogen-bond donors (Lipinski definition) is 2. The maximum Gasteiger partial charge on any atom is 0.321 e. The lowest BCUT2D eigenvalue weighted by Gasteiger charge is -2.14. The monoisotopic (exact) mass is 379 g/mol. The first-order chi connectivity index (χ1) is 13.6. The van der Waals surface area contributed by atoms with Crippen LogP contribution in [0.2, 0.25) is 0 Å². The summed E-state index contributed by atoms with van der Waals surface area (Å²) in [5, 5.41) is 5.54. The number of amides is 3. The SMILES string of the molecule is CCCc1ccc(C(=O)CCC(=O)Nc2ccc(N3CCNC3=O)cc2)cc1. The van der Waals surface area contributed by atoms with E-state index in [-0.39, 0.29) is 30.6 Å². The Labute approximate surface area is 164 Å². The van der Waals surface area contributed by atoms with E-state index in [1.807, 2.05) is 24.3 Å². The van der Waals surface area contributed by atoms with Crippen LogP contribution in [0.4, 0.5) is 16.2 Å². The minimum atomic E-state index is -0.206. The molecule has 0 bridgehead atoms. The van der Waals surface area contributed by atoms with Crippen LogP contribution in [0.3, 0.4) is 0 Å². The first-order valence-electron chi connectivity index (χ1n) is 9.64. The average Bonchev–Trinajstić information content (AvgIpc) is 3.13. The van der Waals surface area contributed by atoms with Gasteiger partial charge in [0.15, 0.2) is 5.78 Å². The molecule has 6 heteroatoms. The minimum Gasteiger partial charge on any atom is -0.336 e. The third-order valence-electron chi connectivity index (χ3n) is 4.71. The van der Waals surface area contributed by atoms with E-state index in [0.717, 1.165) is 18.5 Å². The van der Waals surface area contributed by atoms with Crippen molar-refractivity contribution in [3.8, 4) is 0 Å². The molecule has 3 amide bonds. The number of ketones is 1. The number of carbonyl (C=O) groups excluding carboxylic acids is 3. The molecule has 2 aromatic rings. The molecule has 2 N–H and O–H groups in total. The molecule has 2 aromatic carbocycles. The zero-order chi connectivity index (χ0) is 19.9. The molecule has 0 radical (unpaired) electrons. The van der Waals surface area contributed by atoms with Crippen LogP contribution in [0.5, 0.6) is 0 Å². The van der Waals surface area contributed by atoms with Crippen LogP contribution in [-0.4, -0.2) is 30.8 Å². The second-order valence-corrected chi connectivity index (χ2v) is 6.85. The molecule has 0 spiro atoms. The Morgan fingerprint density at radius 2 is 1.75 bits per heavy atom. The Bertz CT molecular complexity index is 844. The highest BCUT2D eigenvalue weighted by Crippen LogP contribution is 2.20. The molecule has 28 heavy (non-hydrogen) atoms. The summed E-state index contributed by atoms with van der Waals surface area (Å²) in [6.45, 7) is 3.38. The zero-order valence-electron chi connectivity index (χ0n) is 16.0. The number of rotatable bonds is 8. The van der Waals surface area contributed by atoms with Crippen molar-refractivity contribution < 1.29 is 14.4 Å². The summed E-state index contributed by atoms with van der Waals surface area (Å²) >= 11 is 0. The summed E-state index contributed by atoms with van der Waals surface area (Å²) in [6.07, 6.45) is 2.37. The standard InChI is InChI=1S/C22H25N3O3/c1-2-3-16-4-6-17(7-5-16)20(26)12-13-21(27)24-18-8-10-19(11-9-18)25-15-14-23-22(25)28/h4-11H,2-3,12-15H2,1H3,(H,23,28)(H,24,27). The number of hydrogen-bond acceptors (Lipinski definition) is 3. The third kappa shape index (κ3) is 4.97. The van der Waals surface area contributed by atoms with E-state index in [9.17, 15) is 14.4 Å². The van der Waals surface area contributed by atoms with Gasteiger partial charge in [-0.15, -0.1) is 0 Å². The van der Waals surface area contributed by atoms with Crippen molar-refractivity contribution in [1.82, 2.24) is 5.32 Å². The fourth-order valence-electron chi connectivity index (χ4n) is 3.18. The van der Waals surface area contributed by atoms with Crippen molar-refractivity contribution in [3.05, 3.63) is 59.7 Å². The second-order valence-electron chi connectivity index (χ2n) is 6.85. The van der Waals surface area contributed by atoms with Crippen LogP contribution < -0.4 is 15.5 Å². The van der Waals surface area contributed by atoms with Gasteiger partial charge in [0.1, 0.15) is 0 Å². The van der Waals surface area contributed by atoms with Crippen molar-refractivity contribution in [2.75, 3.05) is 23.3 Å². The van der Waals surface area contributed by atoms with Gasteiger partial charge in [0.2, 0.25) is 5.91 Å². The van der Waals surface area contributed by atoms with E-state index in [1.165, 1.54) is 5.56 Å². The largest absolute Gasteiger partial charge is 0.336 e. The van der Waals surface area contributed by atoms with E-state index in [0.29, 0.717) is 24.3 Å². The van der Waals surface area contributed by atoms with Gasteiger partial charge in [0.05, 0.1) is 0 Å². The van der Waals surface area contributed by atoms with Gasteiger partial charge in [0.25, 0.3) is 0 Å². The van der Waals surface area contributed by atoms with E-state index >= 15 is 0 Å². The van der Waals surface area contributed by atoms with Crippen molar-refractivity contribution in [1.29, 1.82) is 0 Å². The zero-order valence-corrected chi connectivity index (χ0v) is 16.0. The molecule has 0 unspecified atom stereocenters. The van der Waals surface area contributed by atoms with Crippen molar-refractivity contribution in [3.63, 3.8) is 0 Å². The van der Waals surface area contributed by atoms with Gasteiger partial charge in [-0.05, 0) is 36.2 Å². The topological polar surface area (TPSA) is 78.5 Å². The lowest BCUT2D eigenvalue weighted by atomic mass is 10.0. The molecule has 1 saturated heterocycles. The van der Waals surface area contributed by atoms with E-state index < -0.39 is 0 Å². The smallest absolute Gasteiger partial charge is 0.321 e. The quantitative estimate of drug-likeness (QED) is 0.685. The Morgan fingerprint density at radius 1 is 1.04 bits per heavy atom. The number of anilines is 2. The van der Waals surface area contributed by atoms with Crippen LogP contribution in [0.1, 0.15) is 42.1 Å². The van der Waals surface area contributed by atoms with E-state index in [1.54, 1.807) is 29.2 Å². The maximum absolute atomic E-state index is 12.3. The molecule has 1 fully saturated rings. The van der Waals surface area contributed by atoms with Gasteiger partial charge >= 0.3 is 6.03 Å². The van der Waals surface area contributed by atoms with Crippen molar-refractivity contribution in [2.45, 2.75) is 32.6 Å². The molecule has 0 aromatic heterocycles. The summed E-state index contributed by atoms with van der Waals surface area (Å²) in [5.74, 6) is -0.240. The molecule has 6 nitrogen and oxygen atoms in total. The molecule has 0 atom stereocenters. The summed E-state index contributed by atoms with van der Waals surface area (Å²) in [7, 11) is 0. The summed E-state index contributed by atoms with van der Waals surface area (Å²) in [6, 6.07) is 14.6. The first-order valence-corrected chi connectivity index (χ1v) is 9.64. The third-order valence-corrected chi connectivity index (χ3v) is 4.71. The fourth-order valence-corrected chi connectivity index (χ4v) is 3.18. The van der Waals surface area contributed by atoms with E-state index in [4.69, 9.17) is 0 Å². The van der Waals surface area contributed by atoms with Gasteiger partial charge in [-0.25, -0.2) is 4.79 Å². The molecule has 146 valence electrons. The van der Waals surface area contributed by atoms with Gasteiger partial charge in [-0.2, -0.15) is 0 Å². The number of aryl methyl sites for hydroxylation is 1. The highest BCUT2D eigenvalue weighted by atomic mass is 16.2. The molecular weight excluding hydrogens is 354 g/mol. The number of benzene rings is 2. The Hall–Kier alpha value is -3.15. The lowest BCUT2D eigenvalue weighted by molar-refractivity contribution is -0.116. The Kier molecular flexibility index (Phi) is 6.42. The minimum absolute atomic E-state index is 0.0337. The second kappa shape index (κ2) is 9.17. The van der Waals surface area contributed by atoms with Crippen LogP contribution in [0.25, 0.3) is 0 Å². The predicted molar refractivity (Wildman–Crippen MR) is 110 cm³/mol. The number of urea groups is 1. The van der Waals surface area contributed by atoms with E-state index in [2.05, 4.69) is 17.6 Å². The first kappa shape index (κ1) is 19.6. The van der Waals surface area contributed by atoms with Gasteiger partial charge in [-0.3, -0.25) is 14.5 Å². The molecule has 1 aliphatic rings. The van der Waals surface area contributed by atoms with Gasteiger partial charge in [0, 0.05) is 42.9 Å². The van der Waals surface area contributed by atoms with Crippen molar-refractivity contribution in [2.24, 2.45) is 0 Å². The molecule has 0 saturated carbocycles. The van der Waals surface area contributed by atoms with Crippen molar-refractivity contribution >= 4 is 29.1 Å². The number of Topliss-reactive ketones (excluding diaryl/α,β-unsaturated/α-hetero) is 1. The highest BCUT2D eigenvalue weighted by molar-refractivity contribution is 6.00. The lowest BCUT2D eigenvalue weighted by Crippen LogP contribution is -2.27. The van der Waals surface area contributed by atoms with Gasteiger partial charge in [-0.1, -0.05) is 37.6 Å². The fraction of sp³-hybridized carbons (Fsp3) is 0.318. The molecule has 3 rings (SSSR count). The molecule has 1 heterocycles. The number of nitrogens with zero attached hydrogens (tertiary/aromatic N) is 1. The average molecular weight is 379 g/mol. The number of carbonyl (C=O) groups is 3. The molecular formula is C22H25N3O3. The highest BCUT2D eigenvalue weighted by Gasteiger charge is 2.20. The molecule has 1 aliphatic heterocycles. The van der Waals surface area contributed by atoms with Crippen LogP contribution in [-0.2, 0) is 11.2 Å². The predicted octanol–water partition coefficient (Wildman–Crippen LogP) is 3.77. The van der Waals surface area contributed by atoms with Crippen LogP contribution >= 0.6 is 0 Å². The van der Waals surface area contributed by atoms with Gasteiger partial charge < -0.3 is 10.6 Å². The number of nitrogens with one attached hydrogen (secondary N) is 2.